The molecule has 0 heterocycles. The maximum Gasteiger partial charge on any atom is 0.251 e. The van der Waals surface area contributed by atoms with Gasteiger partial charge in [0, 0.05) is 19.0 Å². The summed E-state index contributed by atoms with van der Waals surface area (Å²) in [5, 5.41) is 24.2. The van der Waals surface area contributed by atoms with Crippen molar-refractivity contribution < 1.29 is 29.3 Å². The van der Waals surface area contributed by atoms with Crippen molar-refractivity contribution in [2.24, 2.45) is 5.73 Å². The molecule has 0 aliphatic rings. The Hall–Kier alpha value is -2.97. The standard InChI is InChI=1S/C16H23N3O6/c1-9(20)19-11(15(17)23)5-3-4-6-18-16(24)10-7-12(21)14(22)13(8-10)25-2/h7-8,11,21-22H,3-6H2,1-2H3,(H2,17,23)(H,18,24)(H,19,20)/t11-/m1/s1. The average Bonchev–Trinajstić information content (AvgIpc) is 2.55. The van der Waals surface area contributed by atoms with Crippen LogP contribution in [0.2, 0.25) is 0 Å². The van der Waals surface area contributed by atoms with E-state index in [1.165, 1.54) is 20.1 Å². The van der Waals surface area contributed by atoms with Crippen LogP contribution in [0.3, 0.4) is 0 Å². The molecule has 0 aliphatic carbocycles. The third kappa shape index (κ3) is 6.21. The van der Waals surface area contributed by atoms with E-state index in [-0.39, 0.29) is 17.2 Å². The molecule has 0 bridgehead atoms. The average molecular weight is 353 g/mol. The summed E-state index contributed by atoms with van der Waals surface area (Å²) in [6, 6.07) is 1.71. The highest BCUT2D eigenvalue weighted by Gasteiger charge is 2.16. The number of rotatable bonds is 9. The number of hydrogen-bond acceptors (Lipinski definition) is 6. The summed E-state index contributed by atoms with van der Waals surface area (Å²) in [4.78, 5) is 34.2. The molecule has 0 aromatic heterocycles. The molecule has 138 valence electrons. The van der Waals surface area contributed by atoms with Gasteiger partial charge in [0.25, 0.3) is 5.91 Å². The molecular formula is C16H23N3O6. The largest absolute Gasteiger partial charge is 0.504 e. The van der Waals surface area contributed by atoms with Crippen LogP contribution in [-0.2, 0) is 9.59 Å². The van der Waals surface area contributed by atoms with Gasteiger partial charge in [-0.2, -0.15) is 0 Å². The molecule has 0 saturated heterocycles. The van der Waals surface area contributed by atoms with Crippen LogP contribution in [0.15, 0.2) is 12.1 Å². The predicted octanol–water partition coefficient (Wildman–Crippen LogP) is -0.00350. The number of nitrogens with one attached hydrogen (secondary N) is 2. The highest BCUT2D eigenvalue weighted by atomic mass is 16.5. The zero-order chi connectivity index (χ0) is 19.0. The molecule has 9 nitrogen and oxygen atoms in total. The van der Waals surface area contributed by atoms with Gasteiger partial charge in [-0.3, -0.25) is 14.4 Å². The van der Waals surface area contributed by atoms with E-state index in [1.807, 2.05) is 0 Å². The lowest BCUT2D eigenvalue weighted by Gasteiger charge is -2.14. The Labute approximate surface area is 145 Å². The van der Waals surface area contributed by atoms with E-state index >= 15 is 0 Å². The van der Waals surface area contributed by atoms with Crippen LogP contribution >= 0.6 is 0 Å². The molecule has 1 atom stereocenters. The molecule has 1 aromatic rings. The summed E-state index contributed by atoms with van der Waals surface area (Å²) >= 11 is 0. The van der Waals surface area contributed by atoms with Gasteiger partial charge in [0.2, 0.25) is 17.6 Å². The van der Waals surface area contributed by atoms with Gasteiger partial charge in [-0.15, -0.1) is 0 Å². The van der Waals surface area contributed by atoms with Gasteiger partial charge < -0.3 is 31.3 Å². The number of hydrogen-bond donors (Lipinski definition) is 5. The highest BCUT2D eigenvalue weighted by molar-refractivity contribution is 5.95. The molecule has 3 amide bonds. The minimum atomic E-state index is -0.730. The number of methoxy groups -OCH3 is 1. The Bertz CT molecular complexity index is 647. The van der Waals surface area contributed by atoms with Gasteiger partial charge >= 0.3 is 0 Å². The Morgan fingerprint density at radius 1 is 1.24 bits per heavy atom. The second kappa shape index (κ2) is 9.36. The first-order chi connectivity index (χ1) is 11.8. The first-order valence-corrected chi connectivity index (χ1v) is 7.70. The van der Waals surface area contributed by atoms with Gasteiger partial charge in [0.15, 0.2) is 11.5 Å². The maximum absolute atomic E-state index is 12.0. The van der Waals surface area contributed by atoms with Gasteiger partial charge in [-0.25, -0.2) is 0 Å². The number of ether oxygens (including phenoxy) is 1. The number of carbonyl (C=O) groups excluding carboxylic acids is 3. The number of unbranched alkanes of at least 4 members (excludes halogenated alkanes) is 1. The lowest BCUT2D eigenvalue weighted by atomic mass is 10.1. The molecule has 6 N–H and O–H groups in total. The number of carbonyl (C=O) groups is 3. The maximum atomic E-state index is 12.0. The van der Waals surface area contributed by atoms with E-state index < -0.39 is 29.4 Å². The molecule has 9 heteroatoms. The third-order valence-corrected chi connectivity index (χ3v) is 3.46. The minimum Gasteiger partial charge on any atom is -0.504 e. The van der Waals surface area contributed by atoms with Crippen molar-refractivity contribution in [1.82, 2.24) is 10.6 Å². The lowest BCUT2D eigenvalue weighted by molar-refractivity contribution is -0.126. The number of phenols is 2. The lowest BCUT2D eigenvalue weighted by Crippen LogP contribution is -2.43. The number of amides is 3. The second-order valence-corrected chi connectivity index (χ2v) is 5.45. The van der Waals surface area contributed by atoms with E-state index in [0.29, 0.717) is 25.8 Å². The van der Waals surface area contributed by atoms with Crippen LogP contribution in [0, 0.1) is 0 Å². The number of nitrogens with two attached hydrogens (primary N) is 1. The van der Waals surface area contributed by atoms with Crippen molar-refractivity contribution in [3.05, 3.63) is 17.7 Å². The van der Waals surface area contributed by atoms with E-state index in [2.05, 4.69) is 10.6 Å². The van der Waals surface area contributed by atoms with Crippen molar-refractivity contribution in [2.45, 2.75) is 32.2 Å². The Balaban J connectivity index is 2.46. The summed E-state index contributed by atoms with van der Waals surface area (Å²) in [6.07, 6.45) is 1.51. The quantitative estimate of drug-likeness (QED) is 0.311. The van der Waals surface area contributed by atoms with Crippen molar-refractivity contribution in [3.63, 3.8) is 0 Å². The fourth-order valence-corrected chi connectivity index (χ4v) is 2.19. The summed E-state index contributed by atoms with van der Waals surface area (Å²) in [6.45, 7) is 1.63. The van der Waals surface area contributed by atoms with Crippen LogP contribution in [0.1, 0.15) is 36.5 Å². The van der Waals surface area contributed by atoms with Crippen molar-refractivity contribution in [2.75, 3.05) is 13.7 Å². The second-order valence-electron chi connectivity index (χ2n) is 5.45. The third-order valence-electron chi connectivity index (χ3n) is 3.46. The first-order valence-electron chi connectivity index (χ1n) is 7.70. The Morgan fingerprint density at radius 2 is 1.92 bits per heavy atom. The summed E-state index contributed by atoms with van der Waals surface area (Å²) in [7, 11) is 1.31. The van der Waals surface area contributed by atoms with Crippen LogP contribution in [-0.4, -0.2) is 47.6 Å². The van der Waals surface area contributed by atoms with Crippen LogP contribution in [0.5, 0.6) is 17.2 Å². The topological polar surface area (TPSA) is 151 Å². The number of aromatic hydroxyl groups is 2. The number of phenolic OH excluding ortho intramolecular Hbond substituents is 2. The summed E-state index contributed by atoms with van der Waals surface area (Å²) < 4.78 is 4.87. The molecule has 1 aromatic carbocycles. The Morgan fingerprint density at radius 3 is 2.48 bits per heavy atom. The minimum absolute atomic E-state index is 0.00948. The van der Waals surface area contributed by atoms with E-state index in [9.17, 15) is 24.6 Å². The number of primary amides is 1. The predicted molar refractivity (Wildman–Crippen MR) is 89.3 cm³/mol. The normalized spacial score (nSPS) is 11.4. The van der Waals surface area contributed by atoms with Gasteiger partial charge in [-0.1, -0.05) is 0 Å². The Kier molecular flexibility index (Phi) is 7.51. The molecule has 0 saturated carbocycles. The molecule has 0 radical (unpaired) electrons. The smallest absolute Gasteiger partial charge is 0.251 e. The van der Waals surface area contributed by atoms with Crippen LogP contribution in [0.4, 0.5) is 0 Å². The monoisotopic (exact) mass is 353 g/mol. The van der Waals surface area contributed by atoms with Crippen LogP contribution < -0.4 is 21.1 Å². The molecule has 0 fully saturated rings. The molecular weight excluding hydrogens is 330 g/mol. The van der Waals surface area contributed by atoms with Crippen molar-refractivity contribution in [1.29, 1.82) is 0 Å². The highest BCUT2D eigenvalue weighted by Crippen LogP contribution is 2.36. The fourth-order valence-electron chi connectivity index (χ4n) is 2.19. The van der Waals surface area contributed by atoms with Gasteiger partial charge in [0.1, 0.15) is 6.04 Å². The molecule has 0 unspecified atom stereocenters. The SMILES string of the molecule is COc1cc(C(=O)NCCCC[C@@H](NC(C)=O)C(N)=O)cc(O)c1O. The van der Waals surface area contributed by atoms with E-state index in [4.69, 9.17) is 10.5 Å². The first kappa shape index (κ1) is 20.1. The van der Waals surface area contributed by atoms with E-state index in [0.717, 1.165) is 6.07 Å². The number of benzene rings is 1. The van der Waals surface area contributed by atoms with Crippen molar-refractivity contribution >= 4 is 17.7 Å². The fraction of sp³-hybridized carbons (Fsp3) is 0.438. The molecule has 1 rings (SSSR count). The summed E-state index contributed by atoms with van der Waals surface area (Å²) in [5.41, 5.74) is 5.34. The van der Waals surface area contributed by atoms with Crippen LogP contribution in [0.25, 0.3) is 0 Å². The summed E-state index contributed by atoms with van der Waals surface area (Å²) in [5.74, 6) is -2.28. The van der Waals surface area contributed by atoms with E-state index in [1.54, 1.807) is 0 Å². The molecule has 0 spiro atoms. The molecule has 0 aliphatic heterocycles. The zero-order valence-corrected chi connectivity index (χ0v) is 14.2. The molecule has 25 heavy (non-hydrogen) atoms. The van der Waals surface area contributed by atoms with Gasteiger partial charge in [0.05, 0.1) is 7.11 Å². The van der Waals surface area contributed by atoms with Gasteiger partial charge in [-0.05, 0) is 31.4 Å². The zero-order valence-electron chi connectivity index (χ0n) is 14.2. The van der Waals surface area contributed by atoms with Crippen molar-refractivity contribution in [3.8, 4) is 17.2 Å².